The van der Waals surface area contributed by atoms with Gasteiger partial charge in [0.25, 0.3) is 0 Å². The molecule has 0 atom stereocenters. The molecule has 0 aliphatic carbocycles. The van der Waals surface area contributed by atoms with Gasteiger partial charge in [-0.2, -0.15) is 0 Å². The molecule has 0 bridgehead atoms. The van der Waals surface area contributed by atoms with E-state index in [1.807, 2.05) is 39.1 Å². The van der Waals surface area contributed by atoms with E-state index < -0.39 is 0 Å². The summed E-state index contributed by atoms with van der Waals surface area (Å²) < 4.78 is 0. The van der Waals surface area contributed by atoms with Crippen LogP contribution in [0.5, 0.6) is 0 Å². The summed E-state index contributed by atoms with van der Waals surface area (Å²) in [6, 6.07) is 2.13. The smallest absolute Gasteiger partial charge is 0.210 e. The number of H-pyrrole nitrogens is 1. The van der Waals surface area contributed by atoms with Crippen LogP contribution in [0.3, 0.4) is 0 Å². The normalized spacial score (nSPS) is 8.80. The zero-order chi connectivity index (χ0) is 11.0. The van der Waals surface area contributed by atoms with E-state index in [9.17, 15) is 0 Å². The maximum atomic E-state index is 3.74. The lowest BCUT2D eigenvalue weighted by atomic mass is 10.1. The fourth-order valence-electron chi connectivity index (χ4n) is 1.13. The summed E-state index contributed by atoms with van der Waals surface area (Å²) in [5.74, 6) is 0. The predicted molar refractivity (Wildman–Crippen MR) is 70.6 cm³/mol. The maximum absolute atomic E-state index is 3.74. The van der Waals surface area contributed by atoms with Gasteiger partial charge in [-0.1, -0.05) is 40.0 Å². The summed E-state index contributed by atoms with van der Waals surface area (Å²) in [6.45, 7) is 11.8. The van der Waals surface area contributed by atoms with Crippen LogP contribution < -0.4 is 4.98 Å². The monoisotopic (exact) mass is 206 g/mol. The van der Waals surface area contributed by atoms with Gasteiger partial charge in [0.1, 0.15) is 0 Å². The molecule has 1 N–H and O–H groups in total. The van der Waals surface area contributed by atoms with Crippen molar-refractivity contribution in [1.82, 2.24) is 0 Å². The fourth-order valence-corrected chi connectivity index (χ4v) is 1.13. The molecule has 0 saturated heterocycles. The molecule has 1 aromatic heterocycles. The molecule has 0 fully saturated rings. The van der Waals surface area contributed by atoms with Gasteiger partial charge in [0, 0.05) is 17.2 Å². The van der Waals surface area contributed by atoms with Gasteiger partial charge in [-0.25, -0.2) is 4.98 Å². The van der Waals surface area contributed by atoms with Crippen molar-refractivity contribution in [2.45, 2.75) is 35.1 Å². The van der Waals surface area contributed by atoms with Crippen molar-refractivity contribution in [3.8, 4) is 0 Å². The highest BCUT2D eigenvalue weighted by Crippen LogP contribution is 2.08. The molecule has 0 aliphatic heterocycles. The molecule has 0 amide bonds. The Kier molecular flexibility index (Phi) is 9.85. The van der Waals surface area contributed by atoms with Crippen molar-refractivity contribution in [1.29, 1.82) is 0 Å². The van der Waals surface area contributed by atoms with E-state index in [1.165, 1.54) is 11.1 Å². The van der Waals surface area contributed by atoms with Crippen LogP contribution in [0, 0.1) is 6.92 Å². The number of aromatic amines is 1. The highest BCUT2D eigenvalue weighted by molar-refractivity contribution is 5.59. The molecule has 1 heterocycles. The number of aryl methyl sites for hydroxylation is 1. The Morgan fingerprint density at radius 3 is 2.40 bits per heavy atom. The molecule has 0 unspecified atom stereocenters. The average Bonchev–Trinajstić information content (AvgIpc) is 2.22. The largest absolute Gasteiger partial charge is 0.211 e. The highest BCUT2D eigenvalue weighted by atomic mass is 14.7. The van der Waals surface area contributed by atoms with Gasteiger partial charge < -0.3 is 0 Å². The van der Waals surface area contributed by atoms with Crippen molar-refractivity contribution < 1.29 is 4.98 Å². The first kappa shape index (κ1) is 16.1. The van der Waals surface area contributed by atoms with Crippen LogP contribution in [0.4, 0.5) is 0 Å². The summed E-state index contributed by atoms with van der Waals surface area (Å²) in [4.78, 5) is 3.17. The number of hydrogen-bond donors (Lipinski definition) is 0. The Morgan fingerprint density at radius 1 is 1.33 bits per heavy atom. The molecule has 0 radical (unpaired) electrons. The number of allylic oxidation sites excluding steroid dienone is 1. The molecule has 1 rings (SSSR count). The van der Waals surface area contributed by atoms with Gasteiger partial charge in [-0.05, 0) is 19.9 Å². The molecule has 84 valence electrons. The summed E-state index contributed by atoms with van der Waals surface area (Å²) in [5, 5.41) is 0. The van der Waals surface area contributed by atoms with Gasteiger partial charge in [-0.15, -0.1) is 0 Å². The molecule has 15 heavy (non-hydrogen) atoms. The number of nitrogens with one attached hydrogen (secondary N) is 1. The molecule has 0 aliphatic rings. The Labute approximate surface area is 94.6 Å². The highest BCUT2D eigenvalue weighted by Gasteiger charge is 2.02. The van der Waals surface area contributed by atoms with Crippen LogP contribution >= 0.6 is 0 Å². The van der Waals surface area contributed by atoms with Crippen LogP contribution in [-0.2, 0) is 0 Å². The Morgan fingerprint density at radius 2 is 1.93 bits per heavy atom. The van der Waals surface area contributed by atoms with Crippen LogP contribution in [0.2, 0.25) is 0 Å². The van der Waals surface area contributed by atoms with Crippen molar-refractivity contribution >= 4 is 12.2 Å². The predicted octanol–water partition coefficient (Wildman–Crippen LogP) is 4.15. The first-order valence-electron chi connectivity index (χ1n) is 5.05. The van der Waals surface area contributed by atoms with Crippen molar-refractivity contribution in [3.05, 3.63) is 41.7 Å². The minimum absolute atomic E-state index is 0. The number of rotatable bonds is 2. The van der Waals surface area contributed by atoms with Gasteiger partial charge in [0.15, 0.2) is 6.20 Å². The van der Waals surface area contributed by atoms with E-state index in [0.717, 1.165) is 5.69 Å². The first-order chi connectivity index (χ1) is 6.77. The lowest BCUT2D eigenvalue weighted by molar-refractivity contribution is -0.381. The Bertz CT molecular complexity index is 311. The lowest BCUT2D eigenvalue weighted by Crippen LogP contribution is -2.08. The molecule has 0 aromatic carbocycles. The van der Waals surface area contributed by atoms with Crippen molar-refractivity contribution in [3.63, 3.8) is 0 Å². The van der Waals surface area contributed by atoms with E-state index in [-0.39, 0.29) is 7.43 Å². The molecular weight excluding hydrogens is 182 g/mol. The third-order valence-corrected chi connectivity index (χ3v) is 1.70. The Hall–Kier alpha value is -1.37. The first-order valence-corrected chi connectivity index (χ1v) is 5.05. The molecule has 1 aromatic rings. The number of pyridine rings is 1. The SMILES string of the molecule is C.C=Cc1[nH+]cc(C)cc1/C=C\C.CC. The van der Waals surface area contributed by atoms with Crippen molar-refractivity contribution in [2.75, 3.05) is 0 Å². The van der Waals surface area contributed by atoms with Crippen LogP contribution in [-0.4, -0.2) is 0 Å². The molecule has 1 nitrogen and oxygen atoms in total. The zero-order valence-electron chi connectivity index (χ0n) is 9.59. The van der Waals surface area contributed by atoms with Gasteiger partial charge >= 0.3 is 0 Å². The fraction of sp³-hybridized carbons (Fsp3) is 0.357. The van der Waals surface area contributed by atoms with Gasteiger partial charge in [0.05, 0.1) is 0 Å². The summed E-state index contributed by atoms with van der Waals surface area (Å²) in [5.41, 5.74) is 3.49. The summed E-state index contributed by atoms with van der Waals surface area (Å²) >= 11 is 0. The van der Waals surface area contributed by atoms with Crippen LogP contribution in [0.25, 0.3) is 12.2 Å². The average molecular weight is 206 g/mol. The van der Waals surface area contributed by atoms with E-state index in [0.29, 0.717) is 0 Å². The molecule has 0 spiro atoms. The molecule has 1 heteroatoms. The second-order valence-electron chi connectivity index (χ2n) is 2.75. The third kappa shape index (κ3) is 5.16. The molecule has 0 saturated carbocycles. The minimum Gasteiger partial charge on any atom is -0.211 e. The lowest BCUT2D eigenvalue weighted by Gasteiger charge is -1.94. The topological polar surface area (TPSA) is 14.1 Å². The van der Waals surface area contributed by atoms with Crippen LogP contribution in [0.1, 0.15) is 45.0 Å². The van der Waals surface area contributed by atoms with E-state index in [4.69, 9.17) is 0 Å². The maximum Gasteiger partial charge on any atom is 0.210 e. The van der Waals surface area contributed by atoms with Gasteiger partial charge in [-0.3, -0.25) is 0 Å². The second-order valence-corrected chi connectivity index (χ2v) is 2.75. The second kappa shape index (κ2) is 9.20. The van der Waals surface area contributed by atoms with Crippen LogP contribution in [0.15, 0.2) is 24.9 Å². The standard InChI is InChI=1S/C11H13N.C2H6.CH4/c1-4-6-10-7-9(3)8-12-11(10)5-2;1-2;/h4-8H,2H2,1,3H3;1-2H3;1H4/p+1/b6-4-;;. The quantitative estimate of drug-likeness (QED) is 0.690. The number of aromatic nitrogens is 1. The summed E-state index contributed by atoms with van der Waals surface area (Å²) in [7, 11) is 0. The summed E-state index contributed by atoms with van der Waals surface area (Å²) in [6.07, 6.45) is 7.90. The third-order valence-electron chi connectivity index (χ3n) is 1.70. The van der Waals surface area contributed by atoms with E-state index in [2.05, 4.69) is 30.6 Å². The van der Waals surface area contributed by atoms with E-state index in [1.54, 1.807) is 0 Å². The van der Waals surface area contributed by atoms with Crippen molar-refractivity contribution in [2.24, 2.45) is 0 Å². The number of hydrogen-bond acceptors (Lipinski definition) is 0. The zero-order valence-corrected chi connectivity index (χ0v) is 9.59. The van der Waals surface area contributed by atoms with Gasteiger partial charge in [0.2, 0.25) is 5.69 Å². The minimum atomic E-state index is 0. The van der Waals surface area contributed by atoms with E-state index >= 15 is 0 Å². The Balaban J connectivity index is 0. The molecular formula is C14H24N+.